The number of halogens is 1. The van der Waals surface area contributed by atoms with E-state index in [1.165, 1.54) is 25.0 Å². The van der Waals surface area contributed by atoms with Gasteiger partial charge in [-0.15, -0.1) is 0 Å². The summed E-state index contributed by atoms with van der Waals surface area (Å²) in [5, 5.41) is 0. The molecule has 1 aromatic carbocycles. The molecule has 1 saturated carbocycles. The number of piperazine rings is 1. The number of hydrogen-bond acceptors (Lipinski definition) is 2. The fourth-order valence-corrected chi connectivity index (χ4v) is 2.32. The first-order valence-corrected chi connectivity index (χ1v) is 6.81. The summed E-state index contributed by atoms with van der Waals surface area (Å²) in [7, 11) is 0. The molecule has 1 aliphatic heterocycles. The maximum atomic E-state index is 12.9. The summed E-state index contributed by atoms with van der Waals surface area (Å²) in [6.45, 7) is 3.54. The van der Waals surface area contributed by atoms with Crippen molar-refractivity contribution in [2.24, 2.45) is 10.7 Å². The Labute approximate surface area is 112 Å². The molecule has 1 heterocycles. The van der Waals surface area contributed by atoms with Crippen molar-refractivity contribution < 1.29 is 4.39 Å². The van der Waals surface area contributed by atoms with Crippen molar-refractivity contribution in [2.45, 2.75) is 18.9 Å². The van der Waals surface area contributed by atoms with Gasteiger partial charge < -0.3 is 15.5 Å². The normalized spacial score (nSPS) is 20.8. The molecule has 0 aromatic heterocycles. The highest BCUT2D eigenvalue weighted by Gasteiger charge is 2.23. The van der Waals surface area contributed by atoms with E-state index in [0.717, 1.165) is 31.9 Å². The van der Waals surface area contributed by atoms with Crippen LogP contribution in [0.5, 0.6) is 0 Å². The summed E-state index contributed by atoms with van der Waals surface area (Å²) in [5.74, 6) is 0.490. The molecule has 1 aliphatic carbocycles. The SMILES string of the molecule is NC(=NC1CC1)N1CCN(c2ccc(F)cc2)CC1. The van der Waals surface area contributed by atoms with Crippen LogP contribution in [0.3, 0.4) is 0 Å². The van der Waals surface area contributed by atoms with Gasteiger partial charge in [-0.05, 0) is 37.1 Å². The highest BCUT2D eigenvalue weighted by Crippen LogP contribution is 2.24. The van der Waals surface area contributed by atoms with E-state index in [1.807, 2.05) is 12.1 Å². The molecule has 0 unspecified atom stereocenters. The molecule has 0 amide bonds. The van der Waals surface area contributed by atoms with E-state index in [1.54, 1.807) is 0 Å². The van der Waals surface area contributed by atoms with Crippen molar-refractivity contribution in [2.75, 3.05) is 31.1 Å². The molecule has 2 aliphatic rings. The molecule has 1 aromatic rings. The standard InChI is InChI=1S/C14H19FN4/c15-11-1-5-13(6-2-11)18-7-9-19(10-8-18)14(16)17-12-3-4-12/h1-2,5-6,12H,3-4,7-10H2,(H2,16,17). The number of rotatable bonds is 2. The highest BCUT2D eigenvalue weighted by atomic mass is 19.1. The lowest BCUT2D eigenvalue weighted by atomic mass is 10.2. The first-order valence-electron chi connectivity index (χ1n) is 6.81. The molecule has 0 spiro atoms. The van der Waals surface area contributed by atoms with Gasteiger partial charge in [-0.25, -0.2) is 9.38 Å². The van der Waals surface area contributed by atoms with Crippen LogP contribution < -0.4 is 10.6 Å². The molecule has 0 radical (unpaired) electrons. The first kappa shape index (κ1) is 12.3. The summed E-state index contributed by atoms with van der Waals surface area (Å²) < 4.78 is 12.9. The smallest absolute Gasteiger partial charge is 0.191 e. The summed E-state index contributed by atoms with van der Waals surface area (Å²) in [6, 6.07) is 7.13. The van der Waals surface area contributed by atoms with Gasteiger partial charge >= 0.3 is 0 Å². The van der Waals surface area contributed by atoms with Crippen molar-refractivity contribution in [1.82, 2.24) is 4.90 Å². The third-order valence-corrected chi connectivity index (χ3v) is 3.66. The van der Waals surface area contributed by atoms with Crippen LogP contribution in [-0.2, 0) is 0 Å². The molecule has 2 fully saturated rings. The van der Waals surface area contributed by atoms with Crippen molar-refractivity contribution in [3.8, 4) is 0 Å². The Morgan fingerprint density at radius 2 is 1.74 bits per heavy atom. The molecule has 5 heteroatoms. The van der Waals surface area contributed by atoms with E-state index >= 15 is 0 Å². The molecular formula is C14H19FN4. The maximum Gasteiger partial charge on any atom is 0.191 e. The van der Waals surface area contributed by atoms with Crippen LogP contribution in [0, 0.1) is 5.82 Å². The topological polar surface area (TPSA) is 44.9 Å². The van der Waals surface area contributed by atoms with Crippen molar-refractivity contribution in [3.05, 3.63) is 30.1 Å². The van der Waals surface area contributed by atoms with Gasteiger partial charge in [0.25, 0.3) is 0 Å². The minimum absolute atomic E-state index is 0.191. The molecule has 3 rings (SSSR count). The fraction of sp³-hybridized carbons (Fsp3) is 0.500. The number of anilines is 1. The van der Waals surface area contributed by atoms with E-state index in [9.17, 15) is 4.39 Å². The zero-order valence-corrected chi connectivity index (χ0v) is 10.9. The summed E-state index contributed by atoms with van der Waals surface area (Å²) in [5.41, 5.74) is 7.07. The largest absolute Gasteiger partial charge is 0.370 e. The number of hydrogen-bond donors (Lipinski definition) is 1. The van der Waals surface area contributed by atoms with Gasteiger partial charge in [0, 0.05) is 31.9 Å². The molecule has 2 N–H and O–H groups in total. The van der Waals surface area contributed by atoms with Crippen LogP contribution in [-0.4, -0.2) is 43.1 Å². The number of benzene rings is 1. The first-order chi connectivity index (χ1) is 9.22. The van der Waals surface area contributed by atoms with Crippen LogP contribution in [0.15, 0.2) is 29.3 Å². The molecule has 0 bridgehead atoms. The summed E-state index contributed by atoms with van der Waals surface area (Å²) >= 11 is 0. The van der Waals surface area contributed by atoms with Crippen LogP contribution in [0.2, 0.25) is 0 Å². The molecule has 1 saturated heterocycles. The zero-order valence-electron chi connectivity index (χ0n) is 10.9. The summed E-state index contributed by atoms with van der Waals surface area (Å²) in [6.07, 6.45) is 2.35. The van der Waals surface area contributed by atoms with Gasteiger partial charge in [-0.2, -0.15) is 0 Å². The number of nitrogens with two attached hydrogens (primary N) is 1. The lowest BCUT2D eigenvalue weighted by Gasteiger charge is -2.36. The van der Waals surface area contributed by atoms with Crippen molar-refractivity contribution >= 4 is 11.6 Å². The second-order valence-corrected chi connectivity index (χ2v) is 5.17. The number of aliphatic imine (C=N–C) groups is 1. The Kier molecular flexibility index (Phi) is 3.27. The second kappa shape index (κ2) is 5.07. The van der Waals surface area contributed by atoms with Crippen LogP contribution in [0.4, 0.5) is 10.1 Å². The lowest BCUT2D eigenvalue weighted by Crippen LogP contribution is -2.51. The predicted molar refractivity (Wildman–Crippen MR) is 74.8 cm³/mol. The Hall–Kier alpha value is -1.78. The van der Waals surface area contributed by atoms with Crippen molar-refractivity contribution in [3.63, 3.8) is 0 Å². The third kappa shape index (κ3) is 2.97. The van der Waals surface area contributed by atoms with Crippen LogP contribution in [0.25, 0.3) is 0 Å². The monoisotopic (exact) mass is 262 g/mol. The third-order valence-electron chi connectivity index (χ3n) is 3.66. The number of nitrogens with zero attached hydrogens (tertiary/aromatic N) is 3. The lowest BCUT2D eigenvalue weighted by molar-refractivity contribution is 0.380. The van der Waals surface area contributed by atoms with Gasteiger partial charge in [-0.3, -0.25) is 0 Å². The number of guanidine groups is 1. The van der Waals surface area contributed by atoms with Gasteiger partial charge in [-0.1, -0.05) is 0 Å². The molecule has 0 atom stereocenters. The average Bonchev–Trinajstić information content (AvgIpc) is 3.24. The van der Waals surface area contributed by atoms with E-state index in [2.05, 4.69) is 14.8 Å². The molecule has 102 valence electrons. The van der Waals surface area contributed by atoms with Gasteiger partial charge in [0.1, 0.15) is 5.82 Å². The van der Waals surface area contributed by atoms with E-state index in [-0.39, 0.29) is 5.82 Å². The quantitative estimate of drug-likeness (QED) is 0.647. The predicted octanol–water partition coefficient (Wildman–Crippen LogP) is 1.42. The van der Waals surface area contributed by atoms with E-state index in [0.29, 0.717) is 12.0 Å². The minimum atomic E-state index is -0.191. The fourth-order valence-electron chi connectivity index (χ4n) is 2.32. The van der Waals surface area contributed by atoms with Crippen molar-refractivity contribution in [1.29, 1.82) is 0 Å². The average molecular weight is 262 g/mol. The zero-order chi connectivity index (χ0) is 13.2. The Bertz CT molecular complexity index is 459. The van der Waals surface area contributed by atoms with Gasteiger partial charge in [0.15, 0.2) is 5.96 Å². The van der Waals surface area contributed by atoms with Gasteiger partial charge in [0.05, 0.1) is 6.04 Å². The Morgan fingerprint density at radius 1 is 1.11 bits per heavy atom. The highest BCUT2D eigenvalue weighted by molar-refractivity contribution is 5.78. The molecular weight excluding hydrogens is 243 g/mol. The van der Waals surface area contributed by atoms with E-state index in [4.69, 9.17) is 5.73 Å². The minimum Gasteiger partial charge on any atom is -0.370 e. The Morgan fingerprint density at radius 3 is 2.32 bits per heavy atom. The van der Waals surface area contributed by atoms with E-state index < -0.39 is 0 Å². The Balaban J connectivity index is 1.58. The van der Waals surface area contributed by atoms with Crippen LogP contribution >= 0.6 is 0 Å². The second-order valence-electron chi connectivity index (χ2n) is 5.17. The van der Waals surface area contributed by atoms with Crippen LogP contribution in [0.1, 0.15) is 12.8 Å². The molecule has 19 heavy (non-hydrogen) atoms. The summed E-state index contributed by atoms with van der Waals surface area (Å²) in [4.78, 5) is 8.86. The maximum absolute atomic E-state index is 12.9. The van der Waals surface area contributed by atoms with Gasteiger partial charge in [0.2, 0.25) is 0 Å². The molecule has 4 nitrogen and oxygen atoms in total.